The minimum Gasteiger partial charge on any atom is -0.376 e. The van der Waals surface area contributed by atoms with Gasteiger partial charge in [-0.15, -0.1) is 0 Å². The monoisotopic (exact) mass is 391 g/mol. The van der Waals surface area contributed by atoms with Crippen LogP contribution >= 0.6 is 0 Å². The van der Waals surface area contributed by atoms with Gasteiger partial charge in [0.25, 0.3) is 0 Å². The lowest BCUT2D eigenvalue weighted by Crippen LogP contribution is -2.41. The molecular weight excluding hydrogens is 362 g/mol. The fourth-order valence-electron chi connectivity index (χ4n) is 3.97. The summed E-state index contributed by atoms with van der Waals surface area (Å²) in [5.74, 6) is 1.32. The Labute approximate surface area is 161 Å². The van der Waals surface area contributed by atoms with Crippen LogP contribution in [0.25, 0.3) is 0 Å². The third-order valence-corrected chi connectivity index (χ3v) is 7.72. The maximum atomic E-state index is 12.8. The highest BCUT2D eigenvalue weighted by atomic mass is 32.2. The predicted octanol–water partition coefficient (Wildman–Crippen LogP) is 2.58. The molecule has 1 saturated heterocycles. The number of amides is 1. The van der Waals surface area contributed by atoms with Crippen LogP contribution in [0.1, 0.15) is 44.9 Å². The maximum Gasteiger partial charge on any atom is 0.243 e. The minimum absolute atomic E-state index is 0.0110. The lowest BCUT2D eigenvalue weighted by atomic mass is 10.1. The molecule has 1 aliphatic heterocycles. The predicted molar refractivity (Wildman–Crippen MR) is 105 cm³/mol. The van der Waals surface area contributed by atoms with Gasteiger partial charge >= 0.3 is 0 Å². The van der Waals surface area contributed by atoms with Crippen molar-refractivity contribution in [3.8, 4) is 0 Å². The highest BCUT2D eigenvalue weighted by Gasteiger charge is 2.42. The summed E-state index contributed by atoms with van der Waals surface area (Å²) in [6, 6.07) is 7.14. The van der Waals surface area contributed by atoms with Crippen LogP contribution in [-0.2, 0) is 14.8 Å². The first-order valence-corrected chi connectivity index (χ1v) is 11.6. The Morgan fingerprint density at radius 3 is 2.37 bits per heavy atom. The number of carbonyl (C=O) groups is 1. The second kappa shape index (κ2) is 7.80. The summed E-state index contributed by atoms with van der Waals surface area (Å²) in [6.07, 6.45) is 7.83. The Hall–Kier alpha value is -1.60. The first-order valence-electron chi connectivity index (χ1n) is 10.2. The summed E-state index contributed by atoms with van der Waals surface area (Å²) in [4.78, 5) is 12.6. The molecule has 6 nitrogen and oxygen atoms in total. The van der Waals surface area contributed by atoms with Gasteiger partial charge in [0, 0.05) is 24.8 Å². The average molecular weight is 392 g/mol. The smallest absolute Gasteiger partial charge is 0.243 e. The Kier molecular flexibility index (Phi) is 5.41. The van der Waals surface area contributed by atoms with Crippen molar-refractivity contribution in [1.82, 2.24) is 9.62 Å². The van der Waals surface area contributed by atoms with E-state index in [1.165, 1.54) is 25.7 Å². The molecule has 1 amide bonds. The SMILES string of the molecule is O=C(CNc1cccc(S(=O)(=O)N2CCCCC2)c1)NC(C1CC1)C1CC1. The van der Waals surface area contributed by atoms with Gasteiger partial charge < -0.3 is 10.6 Å². The fraction of sp³-hybridized carbons (Fsp3) is 0.650. The molecule has 27 heavy (non-hydrogen) atoms. The van der Waals surface area contributed by atoms with Crippen LogP contribution in [0.5, 0.6) is 0 Å². The number of nitrogens with zero attached hydrogens (tertiary/aromatic N) is 1. The second-order valence-corrected chi connectivity index (χ2v) is 10.1. The largest absolute Gasteiger partial charge is 0.376 e. The number of carbonyl (C=O) groups excluding carboxylic acids is 1. The molecule has 1 heterocycles. The van der Waals surface area contributed by atoms with Crippen LogP contribution in [0.2, 0.25) is 0 Å². The summed E-state index contributed by atoms with van der Waals surface area (Å²) in [5.41, 5.74) is 0.664. The van der Waals surface area contributed by atoms with Crippen molar-refractivity contribution in [2.75, 3.05) is 25.0 Å². The zero-order valence-electron chi connectivity index (χ0n) is 15.7. The van der Waals surface area contributed by atoms with E-state index in [-0.39, 0.29) is 12.5 Å². The topological polar surface area (TPSA) is 78.5 Å². The van der Waals surface area contributed by atoms with Gasteiger partial charge in [-0.25, -0.2) is 8.42 Å². The normalized spacial score (nSPS) is 21.2. The van der Waals surface area contributed by atoms with E-state index in [2.05, 4.69) is 10.6 Å². The summed E-state index contributed by atoms with van der Waals surface area (Å²) in [5, 5.41) is 6.27. The molecule has 1 aromatic rings. The van der Waals surface area contributed by atoms with E-state index in [0.717, 1.165) is 19.3 Å². The molecule has 2 saturated carbocycles. The average Bonchev–Trinajstić information content (AvgIpc) is 3.58. The van der Waals surface area contributed by atoms with Gasteiger partial charge in [-0.05, 0) is 68.6 Å². The summed E-state index contributed by atoms with van der Waals surface area (Å²) in [6.45, 7) is 1.35. The molecule has 0 radical (unpaired) electrons. The van der Waals surface area contributed by atoms with Crippen molar-refractivity contribution in [3.63, 3.8) is 0 Å². The van der Waals surface area contributed by atoms with E-state index >= 15 is 0 Å². The van der Waals surface area contributed by atoms with Crippen molar-refractivity contribution < 1.29 is 13.2 Å². The molecule has 0 bridgehead atoms. The number of piperidine rings is 1. The molecule has 1 aromatic carbocycles. The zero-order valence-corrected chi connectivity index (χ0v) is 16.5. The highest BCUT2D eigenvalue weighted by molar-refractivity contribution is 7.89. The van der Waals surface area contributed by atoms with E-state index in [4.69, 9.17) is 0 Å². The van der Waals surface area contributed by atoms with Crippen molar-refractivity contribution >= 4 is 21.6 Å². The number of benzene rings is 1. The number of rotatable bonds is 8. The van der Waals surface area contributed by atoms with Gasteiger partial charge in [0.1, 0.15) is 0 Å². The standard InChI is InChI=1S/C20H29N3O3S/c24-19(22-20(15-7-8-15)16-9-10-16)14-21-17-5-4-6-18(13-17)27(25,26)23-11-2-1-3-12-23/h4-6,13,15-16,20-21H,1-3,7-12,14H2,(H,22,24). The molecule has 0 atom stereocenters. The molecule has 2 N–H and O–H groups in total. The van der Waals surface area contributed by atoms with E-state index in [1.54, 1.807) is 22.5 Å². The van der Waals surface area contributed by atoms with Gasteiger partial charge in [-0.1, -0.05) is 12.5 Å². The van der Waals surface area contributed by atoms with Gasteiger partial charge in [-0.3, -0.25) is 4.79 Å². The Balaban J connectivity index is 1.35. The van der Waals surface area contributed by atoms with Crippen LogP contribution in [0.3, 0.4) is 0 Å². The van der Waals surface area contributed by atoms with Crippen molar-refractivity contribution in [1.29, 1.82) is 0 Å². The maximum absolute atomic E-state index is 12.8. The summed E-state index contributed by atoms with van der Waals surface area (Å²) < 4.78 is 27.2. The Morgan fingerprint density at radius 1 is 1.07 bits per heavy atom. The van der Waals surface area contributed by atoms with E-state index in [0.29, 0.717) is 41.6 Å². The molecule has 0 spiro atoms. The molecule has 148 valence electrons. The first-order chi connectivity index (χ1) is 13.0. The molecule has 3 fully saturated rings. The number of anilines is 1. The molecule has 2 aliphatic carbocycles. The first kappa shape index (κ1) is 18.7. The van der Waals surface area contributed by atoms with Crippen molar-refractivity contribution in [2.24, 2.45) is 11.8 Å². The summed E-state index contributed by atoms with van der Waals surface area (Å²) in [7, 11) is -3.46. The van der Waals surface area contributed by atoms with E-state index in [1.807, 2.05) is 6.07 Å². The van der Waals surface area contributed by atoms with Crippen molar-refractivity contribution in [2.45, 2.75) is 55.9 Å². The summed E-state index contributed by atoms with van der Waals surface area (Å²) >= 11 is 0. The Morgan fingerprint density at radius 2 is 1.74 bits per heavy atom. The molecule has 0 unspecified atom stereocenters. The lowest BCUT2D eigenvalue weighted by molar-refractivity contribution is -0.120. The number of nitrogens with one attached hydrogen (secondary N) is 2. The zero-order chi connectivity index (χ0) is 18.9. The minimum atomic E-state index is -3.46. The number of hydrogen-bond acceptors (Lipinski definition) is 4. The van der Waals surface area contributed by atoms with Crippen LogP contribution in [0.15, 0.2) is 29.2 Å². The van der Waals surface area contributed by atoms with Crippen LogP contribution in [-0.4, -0.2) is 44.3 Å². The second-order valence-electron chi connectivity index (χ2n) is 8.11. The quantitative estimate of drug-likeness (QED) is 0.714. The van der Waals surface area contributed by atoms with Crippen LogP contribution in [0, 0.1) is 11.8 Å². The molecule has 3 aliphatic rings. The third kappa shape index (κ3) is 4.63. The van der Waals surface area contributed by atoms with Gasteiger partial charge in [-0.2, -0.15) is 4.31 Å². The molecule has 7 heteroatoms. The molecule has 4 rings (SSSR count). The van der Waals surface area contributed by atoms with Crippen molar-refractivity contribution in [3.05, 3.63) is 24.3 Å². The number of hydrogen-bond donors (Lipinski definition) is 2. The van der Waals surface area contributed by atoms with Gasteiger partial charge in [0.15, 0.2) is 0 Å². The fourth-order valence-corrected chi connectivity index (χ4v) is 5.53. The lowest BCUT2D eigenvalue weighted by Gasteiger charge is -2.26. The van der Waals surface area contributed by atoms with Gasteiger partial charge in [0.2, 0.25) is 15.9 Å². The van der Waals surface area contributed by atoms with E-state index < -0.39 is 10.0 Å². The third-order valence-electron chi connectivity index (χ3n) is 5.83. The Bertz CT molecular complexity index is 769. The molecular formula is C20H29N3O3S. The van der Waals surface area contributed by atoms with Gasteiger partial charge in [0.05, 0.1) is 11.4 Å². The number of sulfonamides is 1. The highest BCUT2D eigenvalue weighted by Crippen LogP contribution is 2.44. The van der Waals surface area contributed by atoms with Crippen LogP contribution < -0.4 is 10.6 Å². The van der Waals surface area contributed by atoms with E-state index in [9.17, 15) is 13.2 Å². The van der Waals surface area contributed by atoms with Crippen LogP contribution in [0.4, 0.5) is 5.69 Å². The molecule has 0 aromatic heterocycles.